The molecule has 0 spiro atoms. The van der Waals surface area contributed by atoms with Gasteiger partial charge >= 0.3 is 5.97 Å². The SMILES string of the molecule is CCOC(=O)c1c(-c2ccc(Cl)cc2)csc1NC(=O)C=Cc1cccc(Cl)c1. The second-order valence-electron chi connectivity index (χ2n) is 5.96. The highest BCUT2D eigenvalue weighted by atomic mass is 35.5. The highest BCUT2D eigenvalue weighted by Gasteiger charge is 2.22. The van der Waals surface area contributed by atoms with E-state index in [0.717, 1.165) is 11.1 Å². The number of ether oxygens (including phenoxy) is 1. The Hall–Kier alpha value is -2.60. The molecule has 0 unspecified atom stereocenters. The Kier molecular flexibility index (Phi) is 7.09. The second kappa shape index (κ2) is 9.74. The van der Waals surface area contributed by atoms with Crippen LogP contribution in [0, 0.1) is 0 Å². The first-order valence-corrected chi connectivity index (χ1v) is 10.4. The molecule has 0 saturated heterocycles. The number of carbonyl (C=O) groups is 2. The van der Waals surface area contributed by atoms with Gasteiger partial charge in [-0.1, -0.05) is 47.5 Å². The Balaban J connectivity index is 1.87. The van der Waals surface area contributed by atoms with Crippen LogP contribution in [0.2, 0.25) is 10.0 Å². The van der Waals surface area contributed by atoms with Crippen molar-refractivity contribution in [3.8, 4) is 11.1 Å². The van der Waals surface area contributed by atoms with Crippen LogP contribution in [0.25, 0.3) is 17.2 Å². The molecule has 1 amide bonds. The number of anilines is 1. The third-order valence-electron chi connectivity index (χ3n) is 3.94. The quantitative estimate of drug-likeness (QED) is 0.345. The fraction of sp³-hybridized carbons (Fsp3) is 0.0909. The Bertz CT molecular complexity index is 1060. The molecule has 3 rings (SSSR count). The molecule has 2 aromatic carbocycles. The summed E-state index contributed by atoms with van der Waals surface area (Å²) in [5.41, 5.74) is 2.61. The van der Waals surface area contributed by atoms with E-state index < -0.39 is 5.97 Å². The lowest BCUT2D eigenvalue weighted by molar-refractivity contribution is -0.111. The lowest BCUT2D eigenvalue weighted by atomic mass is 10.0. The molecule has 1 heterocycles. The molecule has 1 aromatic heterocycles. The predicted octanol–water partition coefficient (Wildman–Crippen LogP) is 6.55. The van der Waals surface area contributed by atoms with Crippen LogP contribution in [0.1, 0.15) is 22.8 Å². The molecule has 1 N–H and O–H groups in total. The van der Waals surface area contributed by atoms with Crippen molar-refractivity contribution in [2.75, 3.05) is 11.9 Å². The van der Waals surface area contributed by atoms with Gasteiger partial charge < -0.3 is 10.1 Å². The van der Waals surface area contributed by atoms with Gasteiger partial charge in [0.15, 0.2) is 0 Å². The molecule has 148 valence electrons. The number of esters is 1. The minimum Gasteiger partial charge on any atom is -0.462 e. The summed E-state index contributed by atoms with van der Waals surface area (Å²) in [5, 5.41) is 6.19. The molecule has 0 aliphatic heterocycles. The van der Waals surface area contributed by atoms with Gasteiger partial charge in [-0.3, -0.25) is 4.79 Å². The van der Waals surface area contributed by atoms with Crippen molar-refractivity contribution in [2.24, 2.45) is 0 Å². The molecule has 7 heteroatoms. The zero-order valence-electron chi connectivity index (χ0n) is 15.4. The molecular formula is C22H17Cl2NO3S. The number of hydrogen-bond donors (Lipinski definition) is 1. The van der Waals surface area contributed by atoms with Crippen molar-refractivity contribution in [1.29, 1.82) is 0 Å². The molecule has 29 heavy (non-hydrogen) atoms. The Morgan fingerprint density at radius 2 is 1.86 bits per heavy atom. The fourth-order valence-corrected chi connectivity index (χ4v) is 3.92. The van der Waals surface area contributed by atoms with E-state index in [9.17, 15) is 9.59 Å². The van der Waals surface area contributed by atoms with Crippen LogP contribution in [-0.4, -0.2) is 18.5 Å². The first-order chi connectivity index (χ1) is 14.0. The molecule has 0 saturated carbocycles. The van der Waals surface area contributed by atoms with Gasteiger partial charge in [0.1, 0.15) is 10.6 Å². The number of amides is 1. The zero-order valence-corrected chi connectivity index (χ0v) is 17.8. The Morgan fingerprint density at radius 3 is 2.55 bits per heavy atom. The Labute approximate surface area is 182 Å². The normalized spacial score (nSPS) is 10.9. The molecule has 0 radical (unpaired) electrons. The van der Waals surface area contributed by atoms with Crippen LogP contribution >= 0.6 is 34.5 Å². The van der Waals surface area contributed by atoms with Crippen LogP contribution in [0.3, 0.4) is 0 Å². The second-order valence-corrected chi connectivity index (χ2v) is 7.71. The molecule has 4 nitrogen and oxygen atoms in total. The summed E-state index contributed by atoms with van der Waals surface area (Å²) >= 11 is 13.2. The maximum Gasteiger partial charge on any atom is 0.341 e. The summed E-state index contributed by atoms with van der Waals surface area (Å²) in [4.78, 5) is 25.0. The van der Waals surface area contributed by atoms with Crippen molar-refractivity contribution in [3.63, 3.8) is 0 Å². The first kappa shape index (κ1) is 21.1. The van der Waals surface area contributed by atoms with Crippen LogP contribution in [0.4, 0.5) is 5.00 Å². The topological polar surface area (TPSA) is 55.4 Å². The minimum absolute atomic E-state index is 0.233. The average molecular weight is 446 g/mol. The maximum atomic E-state index is 12.6. The number of nitrogens with one attached hydrogen (secondary N) is 1. The van der Waals surface area contributed by atoms with E-state index in [2.05, 4.69) is 5.32 Å². The predicted molar refractivity (Wildman–Crippen MR) is 120 cm³/mol. The van der Waals surface area contributed by atoms with Crippen molar-refractivity contribution in [3.05, 3.63) is 81.2 Å². The van der Waals surface area contributed by atoms with Crippen molar-refractivity contribution >= 4 is 57.5 Å². The van der Waals surface area contributed by atoms with Gasteiger partial charge in [0.2, 0.25) is 5.91 Å². The largest absolute Gasteiger partial charge is 0.462 e. The zero-order chi connectivity index (χ0) is 20.8. The van der Waals surface area contributed by atoms with E-state index in [0.29, 0.717) is 26.2 Å². The van der Waals surface area contributed by atoms with E-state index in [4.69, 9.17) is 27.9 Å². The van der Waals surface area contributed by atoms with Gasteiger partial charge in [0.25, 0.3) is 0 Å². The summed E-state index contributed by atoms with van der Waals surface area (Å²) in [6, 6.07) is 14.3. The van der Waals surface area contributed by atoms with E-state index in [-0.39, 0.29) is 12.5 Å². The summed E-state index contributed by atoms with van der Waals surface area (Å²) < 4.78 is 5.19. The van der Waals surface area contributed by atoms with Crippen molar-refractivity contribution in [1.82, 2.24) is 0 Å². The van der Waals surface area contributed by atoms with Crippen LogP contribution in [-0.2, 0) is 9.53 Å². The van der Waals surface area contributed by atoms with Crippen LogP contribution in [0.5, 0.6) is 0 Å². The smallest absolute Gasteiger partial charge is 0.341 e. The summed E-state index contributed by atoms with van der Waals surface area (Å²) in [5.74, 6) is -0.854. The molecule has 0 aliphatic carbocycles. The number of carbonyl (C=O) groups excluding carboxylic acids is 2. The molecule has 0 fully saturated rings. The van der Waals surface area contributed by atoms with Crippen LogP contribution in [0.15, 0.2) is 60.0 Å². The summed E-state index contributed by atoms with van der Waals surface area (Å²) in [6.45, 7) is 1.97. The van der Waals surface area contributed by atoms with Crippen LogP contribution < -0.4 is 5.32 Å². The summed E-state index contributed by atoms with van der Waals surface area (Å²) in [7, 11) is 0. The van der Waals surface area contributed by atoms with E-state index in [1.165, 1.54) is 17.4 Å². The van der Waals surface area contributed by atoms with Gasteiger partial charge in [0.05, 0.1) is 6.61 Å². The number of hydrogen-bond acceptors (Lipinski definition) is 4. The van der Waals surface area contributed by atoms with Gasteiger partial charge in [-0.15, -0.1) is 11.3 Å². The number of halogens is 2. The maximum absolute atomic E-state index is 12.6. The fourth-order valence-electron chi connectivity index (χ4n) is 2.63. The van der Waals surface area contributed by atoms with E-state index >= 15 is 0 Å². The lowest BCUT2D eigenvalue weighted by Gasteiger charge is -2.08. The van der Waals surface area contributed by atoms with Gasteiger partial charge in [-0.2, -0.15) is 0 Å². The highest BCUT2D eigenvalue weighted by molar-refractivity contribution is 7.15. The lowest BCUT2D eigenvalue weighted by Crippen LogP contribution is -2.12. The monoisotopic (exact) mass is 445 g/mol. The van der Waals surface area contributed by atoms with Gasteiger partial charge in [-0.05, 0) is 48.4 Å². The number of thiophene rings is 1. The third-order valence-corrected chi connectivity index (χ3v) is 5.32. The average Bonchev–Trinajstić information content (AvgIpc) is 3.11. The number of rotatable bonds is 6. The summed E-state index contributed by atoms with van der Waals surface area (Å²) in [6.07, 6.45) is 3.04. The van der Waals surface area contributed by atoms with Crippen molar-refractivity contribution in [2.45, 2.75) is 6.92 Å². The van der Waals surface area contributed by atoms with Gasteiger partial charge in [0, 0.05) is 27.1 Å². The molecular weight excluding hydrogens is 429 g/mol. The highest BCUT2D eigenvalue weighted by Crippen LogP contribution is 2.36. The molecule has 0 bridgehead atoms. The number of benzene rings is 2. The van der Waals surface area contributed by atoms with Crippen molar-refractivity contribution < 1.29 is 14.3 Å². The van der Waals surface area contributed by atoms with E-state index in [1.54, 1.807) is 43.3 Å². The molecule has 3 aromatic rings. The first-order valence-electron chi connectivity index (χ1n) is 8.77. The standard InChI is InChI=1S/C22H17Cl2NO3S/c1-2-28-22(27)20-18(15-7-9-16(23)10-8-15)13-29-21(20)25-19(26)11-6-14-4-3-5-17(24)12-14/h3-13H,2H2,1H3,(H,25,26). The third kappa shape index (κ3) is 5.48. The molecule has 0 atom stereocenters. The molecule has 0 aliphatic rings. The van der Waals surface area contributed by atoms with E-state index in [1.807, 2.05) is 23.6 Å². The van der Waals surface area contributed by atoms with Gasteiger partial charge in [-0.25, -0.2) is 4.79 Å². The Morgan fingerprint density at radius 1 is 1.10 bits per heavy atom. The minimum atomic E-state index is -0.493.